The fourth-order valence-electron chi connectivity index (χ4n) is 15.0. The number of benzene rings is 15. The van der Waals surface area contributed by atoms with E-state index in [0.29, 0.717) is 34.9 Å². The molecule has 0 N–H and O–H groups in total. The molecule has 0 saturated carbocycles. The topological polar surface area (TPSA) is 113 Å². The molecule has 0 fully saturated rings. The summed E-state index contributed by atoms with van der Waals surface area (Å²) >= 11 is 0. The number of hydrogen-bond acceptors (Lipinski definition) is 8. The van der Waals surface area contributed by atoms with Crippen LogP contribution in [0.15, 0.2) is 373 Å². The van der Waals surface area contributed by atoms with Crippen LogP contribution in [0.25, 0.3) is 201 Å². The Morgan fingerprint density at radius 1 is 0.179 bits per heavy atom. The van der Waals surface area contributed by atoms with Crippen molar-refractivity contribution >= 4 is 87.5 Å². The van der Waals surface area contributed by atoms with Gasteiger partial charge in [0.2, 0.25) is 0 Å². The summed E-state index contributed by atoms with van der Waals surface area (Å²) in [4.78, 5) is 29.9. The van der Waals surface area contributed by atoms with Crippen molar-refractivity contribution in [2.24, 2.45) is 0 Å². The van der Waals surface area contributed by atoms with Crippen molar-refractivity contribution in [1.29, 1.82) is 0 Å². The molecule has 21 rings (SSSR count). The minimum Gasteiger partial charge on any atom is -0.454 e. The summed E-state index contributed by atoms with van der Waals surface area (Å²) in [7, 11) is 0. The molecule has 6 heterocycles. The second kappa shape index (κ2) is 25.8. The van der Waals surface area contributed by atoms with Crippen molar-refractivity contribution in [3.63, 3.8) is 0 Å². The first-order valence-electron chi connectivity index (χ1n) is 35.5. The zero-order chi connectivity index (χ0) is 70.0. The van der Waals surface area contributed by atoms with Crippen LogP contribution >= 0.6 is 0 Å². The van der Waals surface area contributed by atoms with E-state index in [0.717, 1.165) is 138 Å². The first-order valence-corrected chi connectivity index (χ1v) is 35.5. The van der Waals surface area contributed by atoms with Gasteiger partial charge in [0, 0.05) is 87.8 Å². The van der Waals surface area contributed by atoms with Crippen molar-refractivity contribution in [2.45, 2.75) is 0 Å². The lowest BCUT2D eigenvalue weighted by Crippen LogP contribution is -2.00. The molecule has 0 saturated heterocycles. The van der Waals surface area contributed by atoms with Gasteiger partial charge < -0.3 is 18.0 Å². The first kappa shape index (κ1) is 61.4. The van der Waals surface area contributed by atoms with Crippen LogP contribution in [-0.2, 0) is 0 Å². The van der Waals surface area contributed by atoms with Gasteiger partial charge in [0.1, 0.15) is 11.2 Å². The van der Waals surface area contributed by atoms with E-state index in [1.807, 2.05) is 121 Å². The Morgan fingerprint density at radius 3 is 0.830 bits per heavy atom. The Hall–Kier alpha value is -14.5. The molecule has 0 unspecified atom stereocenters. The normalized spacial score (nSPS) is 11.6. The minimum absolute atomic E-state index is 0.602. The number of aromatic nitrogens is 8. The fourth-order valence-corrected chi connectivity index (χ4v) is 15.0. The third kappa shape index (κ3) is 10.9. The van der Waals surface area contributed by atoms with E-state index in [9.17, 15) is 0 Å². The van der Waals surface area contributed by atoms with Crippen LogP contribution in [0, 0.1) is 0 Å². The second-order valence-corrected chi connectivity index (χ2v) is 26.5. The SMILES string of the molecule is c1ccc(-c2ccc(-c3nc(-c4ccccc4)nc(-c4ccc5oc6c(ccc7c8ccccc8n(-c8cccc(-c9ccccc9)c8)c76)c5c4)n3)cc2)cc1.c1ccc(-c2cccc(-n3c4ccccc4c4ccc5c6cc(-c7nc(-c8ccccc8)nc(-c8ccccc8)n7)ccc6oc5c43)c2)cc1. The van der Waals surface area contributed by atoms with Crippen molar-refractivity contribution in [2.75, 3.05) is 0 Å². The van der Waals surface area contributed by atoms with E-state index in [1.54, 1.807) is 0 Å². The van der Waals surface area contributed by atoms with E-state index in [4.69, 9.17) is 38.7 Å². The molecule has 106 heavy (non-hydrogen) atoms. The quantitative estimate of drug-likeness (QED) is 0.126. The van der Waals surface area contributed by atoms with Gasteiger partial charge in [-0.25, -0.2) is 29.9 Å². The maximum atomic E-state index is 6.82. The lowest BCUT2D eigenvalue weighted by atomic mass is 10.0. The van der Waals surface area contributed by atoms with Crippen LogP contribution in [0.3, 0.4) is 0 Å². The molecular formula is C96H60N8O2. The number of furan rings is 2. The Labute approximate surface area is 608 Å². The Kier molecular flexibility index (Phi) is 15.0. The highest BCUT2D eigenvalue weighted by Gasteiger charge is 2.24. The summed E-state index contributed by atoms with van der Waals surface area (Å²) in [5.74, 6) is 3.73. The smallest absolute Gasteiger partial charge is 0.164 e. The number of rotatable bonds is 11. The van der Waals surface area contributed by atoms with Crippen LogP contribution in [-0.4, -0.2) is 39.0 Å². The molecule has 10 nitrogen and oxygen atoms in total. The second-order valence-electron chi connectivity index (χ2n) is 26.5. The summed E-state index contributed by atoms with van der Waals surface area (Å²) in [6.45, 7) is 0. The Balaban J connectivity index is 0.000000141. The Morgan fingerprint density at radius 2 is 0.453 bits per heavy atom. The maximum Gasteiger partial charge on any atom is 0.164 e. The molecular weight excluding hydrogens is 1300 g/mol. The average molecular weight is 1360 g/mol. The standard InChI is InChI=1S/C51H32N4O.C45H28N4O/c1-4-13-33(14-5-1)35-23-25-37(26-24-35)50-52-49(36-17-8-3-9-18-36)53-51(54-50)39-27-30-46-44(32-39)43-29-28-42-41-21-10-11-22-45(41)55(47(42)48(43)56-46)40-20-12-19-38(31-40)34-15-6-2-7-16-34;1-4-13-29(14-5-1)32-19-12-20-34(27-32)49-39-22-11-10-21-35(39)36-24-25-37-38-28-33(23-26-40(38)50-42(37)41(36)49)45-47-43(30-15-6-2-7-16-30)46-44(48-45)31-17-8-3-9-18-31/h1-32H;1-28H. The molecule has 0 bridgehead atoms. The van der Waals surface area contributed by atoms with Gasteiger partial charge in [0.25, 0.3) is 0 Å². The van der Waals surface area contributed by atoms with E-state index in [-0.39, 0.29) is 0 Å². The van der Waals surface area contributed by atoms with Gasteiger partial charge in [-0.15, -0.1) is 0 Å². The largest absolute Gasteiger partial charge is 0.454 e. The van der Waals surface area contributed by atoms with E-state index in [2.05, 4.69) is 252 Å². The zero-order valence-corrected chi connectivity index (χ0v) is 57.0. The molecule has 15 aromatic carbocycles. The Bertz CT molecular complexity index is 6860. The molecule has 0 aliphatic rings. The first-order chi connectivity index (χ1) is 52.5. The summed E-state index contributed by atoms with van der Waals surface area (Å²) in [6.07, 6.45) is 0. The maximum absolute atomic E-state index is 6.82. The van der Waals surface area contributed by atoms with Crippen LogP contribution in [0.5, 0.6) is 0 Å². The van der Waals surface area contributed by atoms with Crippen molar-refractivity contribution in [1.82, 2.24) is 39.0 Å². The molecule has 0 aliphatic heterocycles. The van der Waals surface area contributed by atoms with Gasteiger partial charge in [0.05, 0.1) is 22.1 Å². The highest BCUT2D eigenvalue weighted by atomic mass is 16.3. The number of para-hydroxylation sites is 2. The number of hydrogen-bond donors (Lipinski definition) is 0. The molecule has 10 heteroatoms. The number of nitrogens with zero attached hydrogens (tertiary/aromatic N) is 8. The molecule has 6 aromatic heterocycles. The van der Waals surface area contributed by atoms with E-state index < -0.39 is 0 Å². The monoisotopic (exact) mass is 1360 g/mol. The third-order valence-electron chi connectivity index (χ3n) is 20.1. The van der Waals surface area contributed by atoms with Crippen molar-refractivity contribution < 1.29 is 8.83 Å². The predicted octanol–water partition coefficient (Wildman–Crippen LogP) is 24.7. The van der Waals surface area contributed by atoms with Gasteiger partial charge >= 0.3 is 0 Å². The van der Waals surface area contributed by atoms with E-state index in [1.165, 1.54) is 27.5 Å². The highest BCUT2D eigenvalue weighted by molar-refractivity contribution is 6.23. The highest BCUT2D eigenvalue weighted by Crippen LogP contribution is 2.45. The van der Waals surface area contributed by atoms with Gasteiger partial charge in [-0.2, -0.15) is 0 Å². The molecule has 21 aromatic rings. The van der Waals surface area contributed by atoms with Crippen LogP contribution in [0.1, 0.15) is 0 Å². The van der Waals surface area contributed by atoms with Gasteiger partial charge in [-0.1, -0.05) is 279 Å². The lowest BCUT2D eigenvalue weighted by molar-refractivity contribution is 0.670. The summed E-state index contributed by atoms with van der Waals surface area (Å²) < 4.78 is 18.3. The molecule has 0 atom stereocenters. The molecule has 0 spiro atoms. The van der Waals surface area contributed by atoms with Crippen molar-refractivity contribution in [3.05, 3.63) is 364 Å². The van der Waals surface area contributed by atoms with Gasteiger partial charge in [-0.3, -0.25) is 0 Å². The summed E-state index contributed by atoms with van der Waals surface area (Å²) in [5.41, 5.74) is 22.3. The summed E-state index contributed by atoms with van der Waals surface area (Å²) in [5, 5.41) is 8.74. The fraction of sp³-hybridized carbons (Fsp3) is 0. The van der Waals surface area contributed by atoms with Gasteiger partial charge in [-0.05, 0) is 118 Å². The molecule has 0 aliphatic carbocycles. The summed E-state index contributed by atoms with van der Waals surface area (Å²) in [6, 6.07) is 126. The van der Waals surface area contributed by atoms with Crippen LogP contribution in [0.4, 0.5) is 0 Å². The van der Waals surface area contributed by atoms with E-state index >= 15 is 0 Å². The average Bonchev–Trinajstić information content (AvgIpc) is 1.56. The lowest BCUT2D eigenvalue weighted by Gasteiger charge is -2.10. The third-order valence-corrected chi connectivity index (χ3v) is 20.1. The molecule has 0 amide bonds. The molecule has 496 valence electrons. The predicted molar refractivity (Wildman–Crippen MR) is 432 cm³/mol. The van der Waals surface area contributed by atoms with Crippen molar-refractivity contribution in [3.8, 4) is 113 Å². The number of fused-ring (bicyclic) bond motifs is 14. The van der Waals surface area contributed by atoms with Gasteiger partial charge in [0.15, 0.2) is 46.1 Å². The molecule has 0 radical (unpaired) electrons. The van der Waals surface area contributed by atoms with Crippen LogP contribution < -0.4 is 0 Å². The minimum atomic E-state index is 0.602. The zero-order valence-electron chi connectivity index (χ0n) is 57.0. The van der Waals surface area contributed by atoms with Crippen LogP contribution in [0.2, 0.25) is 0 Å².